The molecule has 4 rings (SSSR count). The van der Waals surface area contributed by atoms with E-state index in [0.717, 1.165) is 18.2 Å². The highest BCUT2D eigenvalue weighted by Crippen LogP contribution is 2.35. The molecule has 220 valence electrons. The van der Waals surface area contributed by atoms with E-state index >= 15 is 4.39 Å². The van der Waals surface area contributed by atoms with Crippen LogP contribution in [0, 0.1) is 17.0 Å². The molecule has 1 heterocycles. The minimum atomic E-state index is -4.55. The Kier molecular flexibility index (Phi) is 8.72. The molecule has 0 spiro atoms. The molecule has 9 nitrogen and oxygen atoms in total. The molecule has 0 aliphatic heterocycles. The lowest BCUT2D eigenvalue weighted by molar-refractivity contribution is -0.142. The molecule has 0 radical (unpaired) electrons. The fourth-order valence-electron chi connectivity index (χ4n) is 3.73. The standard InChI is InChI=1S/C28H24Cl2F2N4O5S/c1-14(37)41-13-17-10-18(29)11-22(24(17)30)42(39,40)36-21-8-6-19(31)23(25(21)32)15-5-7-20-16(9-15)12-33-27(34-20)35-26(38)28(2,3)4/h5-12,36H,13H2,1-4H3,(H,33,34,35,38). The van der Waals surface area contributed by atoms with Gasteiger partial charge in [0.2, 0.25) is 11.9 Å². The van der Waals surface area contributed by atoms with E-state index in [-0.39, 0.29) is 39.6 Å². The van der Waals surface area contributed by atoms with Gasteiger partial charge in [-0.1, -0.05) is 50.0 Å². The van der Waals surface area contributed by atoms with Crippen molar-refractivity contribution < 1.29 is 31.5 Å². The number of halogens is 4. The van der Waals surface area contributed by atoms with Crippen molar-refractivity contribution >= 4 is 67.6 Å². The maximum absolute atomic E-state index is 15.7. The van der Waals surface area contributed by atoms with Crippen LogP contribution in [0.25, 0.3) is 22.0 Å². The van der Waals surface area contributed by atoms with Crippen molar-refractivity contribution in [3.63, 3.8) is 0 Å². The number of esters is 1. The third-order valence-electron chi connectivity index (χ3n) is 5.91. The number of hydrogen-bond donors (Lipinski definition) is 2. The largest absolute Gasteiger partial charge is 0.461 e. The zero-order valence-corrected chi connectivity index (χ0v) is 25.0. The number of carbonyl (C=O) groups excluding carboxylic acids is 2. The molecule has 3 aromatic carbocycles. The van der Waals surface area contributed by atoms with E-state index in [4.69, 9.17) is 27.9 Å². The maximum Gasteiger partial charge on any atom is 0.302 e. The number of anilines is 2. The Morgan fingerprint density at radius 3 is 2.43 bits per heavy atom. The van der Waals surface area contributed by atoms with Crippen molar-refractivity contribution in [2.75, 3.05) is 10.0 Å². The first-order valence-electron chi connectivity index (χ1n) is 12.3. The van der Waals surface area contributed by atoms with Gasteiger partial charge < -0.3 is 4.74 Å². The zero-order chi connectivity index (χ0) is 31.0. The summed E-state index contributed by atoms with van der Waals surface area (Å²) in [4.78, 5) is 31.3. The second kappa shape index (κ2) is 11.8. The Morgan fingerprint density at radius 1 is 1.05 bits per heavy atom. The Hall–Kier alpha value is -3.87. The van der Waals surface area contributed by atoms with E-state index in [1.54, 1.807) is 20.8 Å². The molecule has 1 aromatic heterocycles. The van der Waals surface area contributed by atoms with Crippen LogP contribution in [0.1, 0.15) is 33.3 Å². The van der Waals surface area contributed by atoms with Crippen LogP contribution in [0.3, 0.4) is 0 Å². The van der Waals surface area contributed by atoms with Gasteiger partial charge in [0.15, 0.2) is 5.82 Å². The summed E-state index contributed by atoms with van der Waals surface area (Å²) >= 11 is 12.3. The van der Waals surface area contributed by atoms with Crippen molar-refractivity contribution in [2.24, 2.45) is 5.41 Å². The molecule has 0 aliphatic rings. The summed E-state index contributed by atoms with van der Waals surface area (Å²) in [5, 5.41) is 2.72. The number of aromatic nitrogens is 2. The Bertz CT molecular complexity index is 1850. The molecule has 0 saturated carbocycles. The van der Waals surface area contributed by atoms with Gasteiger partial charge in [0.1, 0.15) is 17.3 Å². The van der Waals surface area contributed by atoms with E-state index in [1.807, 2.05) is 0 Å². The monoisotopic (exact) mass is 636 g/mol. The first-order chi connectivity index (χ1) is 19.6. The average Bonchev–Trinajstić information content (AvgIpc) is 2.90. The highest BCUT2D eigenvalue weighted by atomic mass is 35.5. The van der Waals surface area contributed by atoms with E-state index in [2.05, 4.69) is 20.0 Å². The second-order valence-corrected chi connectivity index (χ2v) is 12.7. The van der Waals surface area contributed by atoms with Crippen LogP contribution in [0.4, 0.5) is 20.4 Å². The fourth-order valence-corrected chi connectivity index (χ4v) is 5.71. The molecule has 0 atom stereocenters. The molecular formula is C28H24Cl2F2N4O5S. The predicted octanol–water partition coefficient (Wildman–Crippen LogP) is 6.73. The number of rotatable bonds is 7. The smallest absolute Gasteiger partial charge is 0.302 e. The number of nitrogens with one attached hydrogen (secondary N) is 2. The van der Waals surface area contributed by atoms with Crippen LogP contribution in [0.5, 0.6) is 0 Å². The molecule has 2 N–H and O–H groups in total. The zero-order valence-electron chi connectivity index (χ0n) is 22.7. The van der Waals surface area contributed by atoms with Gasteiger partial charge in [-0.3, -0.25) is 19.6 Å². The van der Waals surface area contributed by atoms with Crippen molar-refractivity contribution in [1.29, 1.82) is 0 Å². The summed E-state index contributed by atoms with van der Waals surface area (Å²) in [6.07, 6.45) is 1.39. The minimum Gasteiger partial charge on any atom is -0.461 e. The molecule has 0 bridgehead atoms. The SMILES string of the molecule is CC(=O)OCc1cc(Cl)cc(S(=O)(=O)Nc2ccc(F)c(-c3ccc4nc(NC(=O)C(C)(C)C)ncc4c3)c2F)c1Cl. The Balaban J connectivity index is 1.68. The van der Waals surface area contributed by atoms with Gasteiger partial charge in [0, 0.05) is 34.5 Å². The van der Waals surface area contributed by atoms with Crippen LogP contribution in [0.2, 0.25) is 10.0 Å². The quantitative estimate of drug-likeness (QED) is 0.215. The van der Waals surface area contributed by atoms with Crippen molar-refractivity contribution in [1.82, 2.24) is 9.97 Å². The highest BCUT2D eigenvalue weighted by Gasteiger charge is 2.26. The molecule has 0 saturated heterocycles. The number of amides is 1. The molecule has 0 aliphatic carbocycles. The highest BCUT2D eigenvalue weighted by molar-refractivity contribution is 7.92. The first kappa shape index (κ1) is 31.1. The molecule has 0 fully saturated rings. The fraction of sp³-hybridized carbons (Fsp3) is 0.214. The molecule has 4 aromatic rings. The maximum atomic E-state index is 15.7. The molecule has 14 heteroatoms. The average molecular weight is 637 g/mol. The number of fused-ring (bicyclic) bond motifs is 1. The molecule has 0 unspecified atom stereocenters. The Labute approximate surface area is 250 Å². The lowest BCUT2D eigenvalue weighted by Crippen LogP contribution is -2.28. The van der Waals surface area contributed by atoms with Crippen LogP contribution in [0.15, 0.2) is 53.6 Å². The Morgan fingerprint density at radius 2 is 1.76 bits per heavy atom. The number of carbonyl (C=O) groups is 2. The predicted molar refractivity (Wildman–Crippen MR) is 156 cm³/mol. The number of hydrogen-bond acceptors (Lipinski definition) is 7. The summed E-state index contributed by atoms with van der Waals surface area (Å²) in [6, 6.07) is 8.54. The summed E-state index contributed by atoms with van der Waals surface area (Å²) in [5.41, 5.74) is -1.14. The van der Waals surface area contributed by atoms with E-state index in [9.17, 15) is 22.4 Å². The third-order valence-corrected chi connectivity index (χ3v) is 8.08. The second-order valence-electron chi connectivity index (χ2n) is 10.2. The van der Waals surface area contributed by atoms with E-state index in [1.165, 1.54) is 37.4 Å². The number of sulfonamides is 1. The molecular weight excluding hydrogens is 613 g/mol. The van der Waals surface area contributed by atoms with Gasteiger partial charge in [0.25, 0.3) is 10.0 Å². The van der Waals surface area contributed by atoms with E-state index < -0.39 is 49.2 Å². The van der Waals surface area contributed by atoms with Gasteiger partial charge >= 0.3 is 5.97 Å². The van der Waals surface area contributed by atoms with Crippen LogP contribution < -0.4 is 10.0 Å². The number of ether oxygens (including phenoxy) is 1. The summed E-state index contributed by atoms with van der Waals surface area (Å²) in [7, 11) is -4.55. The van der Waals surface area contributed by atoms with Crippen LogP contribution in [-0.2, 0) is 31.0 Å². The van der Waals surface area contributed by atoms with Crippen LogP contribution in [-0.4, -0.2) is 30.3 Å². The van der Waals surface area contributed by atoms with Gasteiger partial charge in [-0.2, -0.15) is 0 Å². The van der Waals surface area contributed by atoms with Crippen molar-refractivity contribution in [3.8, 4) is 11.1 Å². The van der Waals surface area contributed by atoms with Crippen molar-refractivity contribution in [3.05, 3.63) is 75.9 Å². The molecule has 1 amide bonds. The van der Waals surface area contributed by atoms with Crippen LogP contribution >= 0.6 is 23.2 Å². The first-order valence-corrected chi connectivity index (χ1v) is 14.5. The van der Waals surface area contributed by atoms with Gasteiger partial charge in [-0.15, -0.1) is 0 Å². The van der Waals surface area contributed by atoms with Crippen molar-refractivity contribution in [2.45, 2.75) is 39.2 Å². The van der Waals surface area contributed by atoms with Gasteiger partial charge in [-0.05, 0) is 42.0 Å². The number of benzene rings is 3. The summed E-state index contributed by atoms with van der Waals surface area (Å²) in [5.74, 6) is -2.98. The lowest BCUT2D eigenvalue weighted by Gasteiger charge is -2.17. The third kappa shape index (κ3) is 6.77. The minimum absolute atomic E-state index is 0.0262. The molecule has 42 heavy (non-hydrogen) atoms. The van der Waals surface area contributed by atoms with E-state index in [0.29, 0.717) is 10.9 Å². The topological polar surface area (TPSA) is 127 Å². The summed E-state index contributed by atoms with van der Waals surface area (Å²) in [6.45, 7) is 6.03. The number of nitrogens with zero attached hydrogens (tertiary/aromatic N) is 2. The van der Waals surface area contributed by atoms with Gasteiger partial charge in [-0.25, -0.2) is 27.2 Å². The van der Waals surface area contributed by atoms with Gasteiger partial charge in [0.05, 0.1) is 21.8 Å². The normalized spacial score (nSPS) is 11.8. The lowest BCUT2D eigenvalue weighted by atomic mass is 9.96. The summed E-state index contributed by atoms with van der Waals surface area (Å²) < 4.78 is 64.1.